The van der Waals surface area contributed by atoms with Crippen molar-refractivity contribution in [1.82, 2.24) is 9.80 Å². The molecule has 3 rings (SSSR count). The van der Waals surface area contributed by atoms with Crippen molar-refractivity contribution in [3.05, 3.63) is 23.2 Å². The fourth-order valence-corrected chi connectivity index (χ4v) is 4.10. The first-order valence-corrected chi connectivity index (χ1v) is 10.1. The van der Waals surface area contributed by atoms with Gasteiger partial charge in [0.2, 0.25) is 11.8 Å². The zero-order chi connectivity index (χ0) is 19.2. The van der Waals surface area contributed by atoms with E-state index in [0.29, 0.717) is 41.3 Å². The molecule has 0 radical (unpaired) electrons. The molecule has 7 heteroatoms. The van der Waals surface area contributed by atoms with Crippen LogP contribution in [0.2, 0.25) is 5.02 Å². The number of carbonyl (C=O) groups excluding carboxylic acids is 2. The molecule has 2 saturated heterocycles. The summed E-state index contributed by atoms with van der Waals surface area (Å²) < 4.78 is 5.12. The van der Waals surface area contributed by atoms with E-state index in [2.05, 4.69) is 10.2 Å². The molecule has 0 bridgehead atoms. The monoisotopic (exact) mass is 393 g/mol. The Morgan fingerprint density at radius 2 is 1.89 bits per heavy atom. The summed E-state index contributed by atoms with van der Waals surface area (Å²) in [5, 5.41) is 3.35. The number of anilines is 1. The van der Waals surface area contributed by atoms with Crippen LogP contribution in [0, 0.1) is 5.92 Å². The van der Waals surface area contributed by atoms with Gasteiger partial charge in [-0.1, -0.05) is 11.6 Å². The summed E-state index contributed by atoms with van der Waals surface area (Å²) in [5.41, 5.74) is 0.664. The van der Waals surface area contributed by atoms with Gasteiger partial charge in [-0.15, -0.1) is 0 Å². The fraction of sp³-hybridized carbons (Fsp3) is 0.600. The second kappa shape index (κ2) is 9.42. The van der Waals surface area contributed by atoms with Gasteiger partial charge in [-0.05, 0) is 62.9 Å². The highest BCUT2D eigenvalue weighted by Crippen LogP contribution is 2.27. The maximum absolute atomic E-state index is 12.3. The molecule has 1 N–H and O–H groups in total. The quantitative estimate of drug-likeness (QED) is 0.807. The number of amides is 2. The number of halogens is 1. The van der Waals surface area contributed by atoms with Gasteiger partial charge in [-0.3, -0.25) is 14.5 Å². The highest BCUT2D eigenvalue weighted by molar-refractivity contribution is 6.32. The lowest BCUT2D eigenvalue weighted by Crippen LogP contribution is -2.40. The van der Waals surface area contributed by atoms with Crippen molar-refractivity contribution in [2.75, 3.05) is 45.2 Å². The molecule has 1 aromatic rings. The molecule has 2 aliphatic heterocycles. The van der Waals surface area contributed by atoms with Gasteiger partial charge >= 0.3 is 0 Å². The molecule has 6 nitrogen and oxygen atoms in total. The summed E-state index contributed by atoms with van der Waals surface area (Å²) in [7, 11) is 1.56. The lowest BCUT2D eigenvalue weighted by molar-refractivity contribution is -0.131. The van der Waals surface area contributed by atoms with Crippen LogP contribution in [0.1, 0.15) is 32.1 Å². The van der Waals surface area contributed by atoms with Gasteiger partial charge in [-0.2, -0.15) is 0 Å². The number of carbonyl (C=O) groups is 2. The van der Waals surface area contributed by atoms with E-state index in [9.17, 15) is 9.59 Å². The summed E-state index contributed by atoms with van der Waals surface area (Å²) >= 11 is 6.09. The third-order valence-corrected chi connectivity index (χ3v) is 5.73. The molecule has 148 valence electrons. The number of ether oxygens (including phenoxy) is 1. The topological polar surface area (TPSA) is 61.9 Å². The number of piperidine rings is 1. The molecular formula is C20H28ClN3O3. The van der Waals surface area contributed by atoms with Crippen molar-refractivity contribution < 1.29 is 14.3 Å². The Morgan fingerprint density at radius 1 is 1.19 bits per heavy atom. The van der Waals surface area contributed by atoms with E-state index in [0.717, 1.165) is 51.9 Å². The first-order valence-electron chi connectivity index (χ1n) is 9.68. The maximum Gasteiger partial charge on any atom is 0.238 e. The normalized spacial score (nSPS) is 18.5. The van der Waals surface area contributed by atoms with Crippen molar-refractivity contribution in [3.8, 4) is 5.75 Å². The summed E-state index contributed by atoms with van der Waals surface area (Å²) in [6.07, 6.45) is 4.88. The van der Waals surface area contributed by atoms with Crippen LogP contribution in [0.5, 0.6) is 5.75 Å². The van der Waals surface area contributed by atoms with Crippen LogP contribution in [0.25, 0.3) is 0 Å². The largest absolute Gasteiger partial charge is 0.495 e. The number of hydrogen-bond donors (Lipinski definition) is 1. The molecule has 2 aliphatic rings. The predicted molar refractivity (Wildman–Crippen MR) is 106 cm³/mol. The molecule has 27 heavy (non-hydrogen) atoms. The van der Waals surface area contributed by atoms with Crippen molar-refractivity contribution in [1.29, 1.82) is 0 Å². The summed E-state index contributed by atoms with van der Waals surface area (Å²) in [6, 6.07) is 5.20. The molecule has 2 fully saturated rings. The van der Waals surface area contributed by atoms with Crippen LogP contribution in [0.4, 0.5) is 5.69 Å². The van der Waals surface area contributed by atoms with E-state index < -0.39 is 0 Å². The fourth-order valence-electron chi connectivity index (χ4n) is 3.84. The Bertz CT molecular complexity index is 668. The molecule has 0 spiro atoms. The maximum atomic E-state index is 12.3. The van der Waals surface area contributed by atoms with E-state index in [-0.39, 0.29) is 5.91 Å². The van der Waals surface area contributed by atoms with E-state index in [4.69, 9.17) is 16.3 Å². The molecule has 1 aromatic carbocycles. The standard InChI is InChI=1S/C20H28ClN3O3/c1-27-18-5-4-16(13-17(18)21)22-19(25)14-23-10-6-15(7-11-23)12-20(26)24-8-2-3-9-24/h4-5,13,15H,2-3,6-12,14H2,1H3,(H,22,25). The van der Waals surface area contributed by atoms with E-state index in [1.807, 2.05) is 4.90 Å². The molecular weight excluding hydrogens is 366 g/mol. The molecule has 0 unspecified atom stereocenters. The van der Waals surface area contributed by atoms with Gasteiger partial charge in [0.05, 0.1) is 18.7 Å². The molecule has 2 amide bonds. The van der Waals surface area contributed by atoms with E-state index >= 15 is 0 Å². The highest BCUT2D eigenvalue weighted by Gasteiger charge is 2.26. The minimum atomic E-state index is -0.0529. The van der Waals surface area contributed by atoms with Crippen LogP contribution in [-0.2, 0) is 9.59 Å². The number of nitrogens with zero attached hydrogens (tertiary/aromatic N) is 2. The lowest BCUT2D eigenvalue weighted by Gasteiger charge is -2.31. The summed E-state index contributed by atoms with van der Waals surface area (Å²) in [5.74, 6) is 1.28. The van der Waals surface area contributed by atoms with Gasteiger partial charge in [0.1, 0.15) is 5.75 Å². The summed E-state index contributed by atoms with van der Waals surface area (Å²) in [4.78, 5) is 28.7. The number of methoxy groups -OCH3 is 1. The number of benzene rings is 1. The van der Waals surface area contributed by atoms with Crippen molar-refractivity contribution in [3.63, 3.8) is 0 Å². The van der Waals surface area contributed by atoms with Gasteiger partial charge in [0, 0.05) is 25.2 Å². The number of hydrogen-bond acceptors (Lipinski definition) is 4. The first-order chi connectivity index (χ1) is 13.0. The number of likely N-dealkylation sites (tertiary alicyclic amines) is 2. The molecule has 0 saturated carbocycles. The van der Waals surface area contributed by atoms with Crippen LogP contribution in [0.15, 0.2) is 18.2 Å². The molecule has 0 aromatic heterocycles. The van der Waals surface area contributed by atoms with Crippen molar-refractivity contribution in [2.45, 2.75) is 32.1 Å². The second-order valence-corrected chi connectivity index (χ2v) is 7.82. The van der Waals surface area contributed by atoms with Crippen LogP contribution in [-0.4, -0.2) is 61.4 Å². The first kappa shape index (κ1) is 20.0. The minimum absolute atomic E-state index is 0.0529. The van der Waals surface area contributed by atoms with Gasteiger partial charge in [0.15, 0.2) is 0 Å². The Balaban J connectivity index is 1.40. The highest BCUT2D eigenvalue weighted by atomic mass is 35.5. The Hall–Kier alpha value is -1.79. The third-order valence-electron chi connectivity index (χ3n) is 5.43. The van der Waals surface area contributed by atoms with Gasteiger partial charge in [-0.25, -0.2) is 0 Å². The van der Waals surface area contributed by atoms with Crippen LogP contribution < -0.4 is 10.1 Å². The Morgan fingerprint density at radius 3 is 2.52 bits per heavy atom. The Labute approximate surface area is 165 Å². The third kappa shape index (κ3) is 5.59. The SMILES string of the molecule is COc1ccc(NC(=O)CN2CCC(CC(=O)N3CCCC3)CC2)cc1Cl. The second-order valence-electron chi connectivity index (χ2n) is 7.41. The zero-order valence-corrected chi connectivity index (χ0v) is 16.6. The molecule has 0 atom stereocenters. The molecule has 0 aliphatic carbocycles. The predicted octanol–water partition coefficient (Wildman–Crippen LogP) is 3.01. The number of nitrogens with one attached hydrogen (secondary N) is 1. The van der Waals surface area contributed by atoms with Crippen LogP contribution in [0.3, 0.4) is 0 Å². The van der Waals surface area contributed by atoms with Crippen LogP contribution >= 0.6 is 11.6 Å². The number of rotatable bonds is 6. The van der Waals surface area contributed by atoms with Gasteiger partial charge < -0.3 is 15.0 Å². The summed E-state index contributed by atoms with van der Waals surface area (Å²) in [6.45, 7) is 3.92. The average Bonchev–Trinajstić information content (AvgIpc) is 3.18. The minimum Gasteiger partial charge on any atom is -0.495 e. The average molecular weight is 394 g/mol. The van der Waals surface area contributed by atoms with E-state index in [1.54, 1.807) is 25.3 Å². The molecule has 2 heterocycles. The Kier molecular flexibility index (Phi) is 6.96. The van der Waals surface area contributed by atoms with E-state index in [1.165, 1.54) is 0 Å². The van der Waals surface area contributed by atoms with Gasteiger partial charge in [0.25, 0.3) is 0 Å². The zero-order valence-electron chi connectivity index (χ0n) is 15.9. The van der Waals surface area contributed by atoms with Crippen molar-refractivity contribution >= 4 is 29.1 Å². The van der Waals surface area contributed by atoms with Crippen molar-refractivity contribution in [2.24, 2.45) is 5.92 Å². The smallest absolute Gasteiger partial charge is 0.238 e. The lowest BCUT2D eigenvalue weighted by atomic mass is 9.93.